The SMILES string of the molecule is CN1C(CN2/C=C\c3cn(cc3Cc3c(F)cc(F)cc3F)CC2O)=C2CC2c2ncccc21. The minimum absolute atomic E-state index is 0.00970. The number of likely N-dealkylation sites (N-methyl/N-ethyl adjacent to an activating group) is 1. The highest BCUT2D eigenvalue weighted by molar-refractivity contribution is 5.67. The second-order valence-corrected chi connectivity index (χ2v) is 9.12. The zero-order chi connectivity index (χ0) is 23.6. The van der Waals surface area contributed by atoms with E-state index >= 15 is 0 Å². The van der Waals surface area contributed by atoms with Crippen molar-refractivity contribution in [3.8, 4) is 0 Å². The summed E-state index contributed by atoms with van der Waals surface area (Å²) in [7, 11) is 2.03. The minimum Gasteiger partial charge on any atom is -0.372 e. The summed E-state index contributed by atoms with van der Waals surface area (Å²) in [4.78, 5) is 8.59. The van der Waals surface area contributed by atoms with E-state index < -0.39 is 23.7 Å². The first-order chi connectivity index (χ1) is 16.4. The van der Waals surface area contributed by atoms with Gasteiger partial charge in [0.15, 0.2) is 0 Å². The number of hydrogen-bond acceptors (Lipinski definition) is 4. The van der Waals surface area contributed by atoms with Gasteiger partial charge in [0.05, 0.1) is 24.5 Å². The minimum atomic E-state index is -0.938. The fourth-order valence-electron chi connectivity index (χ4n) is 5.08. The molecular formula is C26H23F3N4O. The number of allylic oxidation sites excluding steroid dienone is 1. The summed E-state index contributed by atoms with van der Waals surface area (Å²) in [5.41, 5.74) is 6.04. The second-order valence-electron chi connectivity index (χ2n) is 9.12. The Morgan fingerprint density at radius 3 is 2.74 bits per heavy atom. The maximum atomic E-state index is 14.2. The highest BCUT2D eigenvalue weighted by atomic mass is 19.1. The average molecular weight is 464 g/mol. The van der Waals surface area contributed by atoms with Crippen LogP contribution in [0.1, 0.15) is 34.7 Å². The van der Waals surface area contributed by atoms with Crippen molar-refractivity contribution in [1.29, 1.82) is 0 Å². The van der Waals surface area contributed by atoms with E-state index in [1.165, 1.54) is 5.57 Å². The molecule has 34 heavy (non-hydrogen) atoms. The van der Waals surface area contributed by atoms with Gasteiger partial charge in [-0.05, 0) is 41.3 Å². The Kier molecular flexibility index (Phi) is 4.81. The number of anilines is 1. The lowest BCUT2D eigenvalue weighted by Gasteiger charge is -2.34. The first-order valence-electron chi connectivity index (χ1n) is 11.2. The van der Waals surface area contributed by atoms with Gasteiger partial charge in [0.1, 0.15) is 23.7 Å². The van der Waals surface area contributed by atoms with Crippen LogP contribution in [-0.2, 0) is 13.0 Å². The molecule has 0 spiro atoms. The molecule has 1 fully saturated rings. The maximum Gasteiger partial charge on any atom is 0.144 e. The van der Waals surface area contributed by atoms with Gasteiger partial charge in [0.2, 0.25) is 0 Å². The zero-order valence-electron chi connectivity index (χ0n) is 18.5. The van der Waals surface area contributed by atoms with Gasteiger partial charge < -0.3 is 19.5 Å². The van der Waals surface area contributed by atoms with E-state index in [-0.39, 0.29) is 12.0 Å². The summed E-state index contributed by atoms with van der Waals surface area (Å²) in [5.74, 6) is -2.39. The Balaban J connectivity index is 1.27. The molecule has 2 aliphatic heterocycles. The van der Waals surface area contributed by atoms with Crippen LogP contribution in [0.15, 0.2) is 60.3 Å². The smallest absolute Gasteiger partial charge is 0.144 e. The molecule has 0 amide bonds. The van der Waals surface area contributed by atoms with Crippen LogP contribution < -0.4 is 4.90 Å². The molecule has 174 valence electrons. The molecule has 2 atom stereocenters. The quantitative estimate of drug-likeness (QED) is 0.622. The molecule has 3 aromatic rings. The van der Waals surface area contributed by atoms with Crippen molar-refractivity contribution < 1.29 is 18.3 Å². The van der Waals surface area contributed by atoms with Crippen LogP contribution in [0.25, 0.3) is 6.08 Å². The van der Waals surface area contributed by atoms with Gasteiger partial charge in [0.25, 0.3) is 0 Å². The maximum absolute atomic E-state index is 14.2. The summed E-state index contributed by atoms with van der Waals surface area (Å²) < 4.78 is 43.6. The van der Waals surface area contributed by atoms with E-state index in [9.17, 15) is 18.3 Å². The molecule has 6 rings (SSSR count). The molecule has 1 aliphatic carbocycles. The first kappa shape index (κ1) is 21.0. The molecule has 3 aliphatic rings. The van der Waals surface area contributed by atoms with E-state index in [0.717, 1.165) is 29.1 Å². The molecule has 8 heteroatoms. The molecule has 2 aromatic heterocycles. The Morgan fingerprint density at radius 1 is 1.15 bits per heavy atom. The number of benzene rings is 1. The summed E-state index contributed by atoms with van der Waals surface area (Å²) in [6.07, 6.45) is 9.33. The fourth-order valence-corrected chi connectivity index (χ4v) is 5.08. The molecular weight excluding hydrogens is 441 g/mol. The summed E-state index contributed by atoms with van der Waals surface area (Å²) in [5, 5.41) is 11.0. The number of aromatic nitrogens is 2. The number of fused-ring (bicyclic) bond motifs is 5. The highest BCUT2D eigenvalue weighted by Gasteiger charge is 2.43. The monoisotopic (exact) mass is 464 g/mol. The van der Waals surface area contributed by atoms with Gasteiger partial charge in [-0.2, -0.15) is 0 Å². The molecule has 2 bridgehead atoms. The van der Waals surface area contributed by atoms with Crippen LogP contribution in [-0.4, -0.2) is 39.4 Å². The van der Waals surface area contributed by atoms with Gasteiger partial charge in [-0.15, -0.1) is 0 Å². The number of nitrogens with zero attached hydrogens (tertiary/aromatic N) is 4. The third-order valence-electron chi connectivity index (χ3n) is 6.97. The Bertz CT molecular complexity index is 1340. The van der Waals surface area contributed by atoms with Gasteiger partial charge in [-0.25, -0.2) is 13.2 Å². The van der Waals surface area contributed by atoms with Crippen molar-refractivity contribution in [3.63, 3.8) is 0 Å². The number of aliphatic hydroxyl groups is 1. The number of aliphatic hydroxyl groups excluding tert-OH is 1. The number of hydrogen-bond donors (Lipinski definition) is 1. The van der Waals surface area contributed by atoms with Crippen LogP contribution in [0.5, 0.6) is 0 Å². The van der Waals surface area contributed by atoms with Crippen molar-refractivity contribution in [2.24, 2.45) is 0 Å². The molecule has 4 heterocycles. The van der Waals surface area contributed by atoms with Crippen molar-refractivity contribution >= 4 is 11.8 Å². The third-order valence-corrected chi connectivity index (χ3v) is 6.97. The zero-order valence-corrected chi connectivity index (χ0v) is 18.5. The van der Waals surface area contributed by atoms with Gasteiger partial charge in [-0.3, -0.25) is 4.98 Å². The van der Waals surface area contributed by atoms with E-state index in [0.29, 0.717) is 36.7 Å². The second kappa shape index (κ2) is 7.77. The molecule has 5 nitrogen and oxygen atoms in total. The Hall–Kier alpha value is -3.52. The topological polar surface area (TPSA) is 44.5 Å². The van der Waals surface area contributed by atoms with Crippen LogP contribution in [0.2, 0.25) is 0 Å². The van der Waals surface area contributed by atoms with E-state index in [1.54, 1.807) is 6.20 Å². The number of halogens is 3. The number of pyridine rings is 1. The lowest BCUT2D eigenvalue weighted by Crippen LogP contribution is -2.39. The molecule has 0 radical (unpaired) electrons. The molecule has 1 N–H and O–H groups in total. The highest BCUT2D eigenvalue weighted by Crippen LogP contribution is 2.55. The number of rotatable bonds is 4. The van der Waals surface area contributed by atoms with E-state index in [1.807, 2.05) is 47.3 Å². The van der Waals surface area contributed by atoms with Gasteiger partial charge in [-0.1, -0.05) is 0 Å². The lowest BCUT2D eigenvalue weighted by atomic mass is 10.0. The molecule has 1 saturated carbocycles. The molecule has 2 unspecified atom stereocenters. The summed E-state index contributed by atoms with van der Waals surface area (Å²) >= 11 is 0. The molecule has 0 saturated heterocycles. The average Bonchev–Trinajstić information content (AvgIpc) is 3.49. The normalized spacial score (nSPS) is 21.7. The van der Waals surface area contributed by atoms with E-state index in [2.05, 4.69) is 16.0 Å². The van der Waals surface area contributed by atoms with Crippen molar-refractivity contribution in [3.05, 3.63) is 100 Å². The van der Waals surface area contributed by atoms with Crippen LogP contribution in [0, 0.1) is 17.5 Å². The van der Waals surface area contributed by atoms with Crippen LogP contribution in [0.3, 0.4) is 0 Å². The first-order valence-corrected chi connectivity index (χ1v) is 11.2. The molecule has 1 aromatic carbocycles. The Morgan fingerprint density at radius 2 is 1.94 bits per heavy atom. The standard InChI is InChI=1S/C26H23F3N4O/c1-31-23-3-2-5-30-26(23)19-10-18(19)24(31)13-33-6-4-15-11-32(14-25(33)34)12-16(15)7-20-21(28)8-17(27)9-22(20)29/h2-6,8-9,11-12,19,25,34H,7,10,13-14H2,1H3/b6-4-. The van der Waals surface area contributed by atoms with Gasteiger partial charge in [0, 0.05) is 67.6 Å². The predicted octanol–water partition coefficient (Wildman–Crippen LogP) is 4.39. The van der Waals surface area contributed by atoms with E-state index in [4.69, 9.17) is 0 Å². The predicted molar refractivity (Wildman–Crippen MR) is 122 cm³/mol. The lowest BCUT2D eigenvalue weighted by molar-refractivity contribution is 0.0289. The van der Waals surface area contributed by atoms with Crippen LogP contribution in [0.4, 0.5) is 18.9 Å². The fraction of sp³-hybridized carbons (Fsp3) is 0.269. The van der Waals surface area contributed by atoms with Gasteiger partial charge >= 0.3 is 0 Å². The van der Waals surface area contributed by atoms with Crippen molar-refractivity contribution in [2.75, 3.05) is 18.5 Å². The van der Waals surface area contributed by atoms with Crippen molar-refractivity contribution in [1.82, 2.24) is 14.5 Å². The van der Waals surface area contributed by atoms with Crippen molar-refractivity contribution in [2.45, 2.75) is 31.5 Å². The third kappa shape index (κ3) is 3.49. The largest absolute Gasteiger partial charge is 0.372 e. The Labute approximate surface area is 195 Å². The van der Waals surface area contributed by atoms with Crippen LogP contribution >= 0.6 is 0 Å². The summed E-state index contributed by atoms with van der Waals surface area (Å²) in [6, 6.07) is 5.40. The summed E-state index contributed by atoms with van der Waals surface area (Å²) in [6.45, 7) is 0.839.